The summed E-state index contributed by atoms with van der Waals surface area (Å²) in [6, 6.07) is 2.31. The molecule has 0 aliphatic carbocycles. The highest BCUT2D eigenvalue weighted by atomic mass is 79.9. The van der Waals surface area contributed by atoms with Gasteiger partial charge in [-0.2, -0.15) is 0 Å². The summed E-state index contributed by atoms with van der Waals surface area (Å²) in [4.78, 5) is 25.6. The van der Waals surface area contributed by atoms with Crippen LogP contribution in [0.3, 0.4) is 0 Å². The van der Waals surface area contributed by atoms with E-state index in [1.54, 1.807) is 0 Å². The fourth-order valence-electron chi connectivity index (χ4n) is 1.29. The third kappa shape index (κ3) is 5.37. The lowest BCUT2D eigenvalue weighted by Crippen LogP contribution is -2.08. The van der Waals surface area contributed by atoms with Crippen LogP contribution in [0.2, 0.25) is 0 Å². The van der Waals surface area contributed by atoms with Gasteiger partial charge in [-0.05, 0) is 45.1 Å². The van der Waals surface area contributed by atoms with Crippen LogP contribution in [0.15, 0.2) is 26.6 Å². The molecule has 0 spiro atoms. The molecule has 0 aliphatic rings. The predicted molar refractivity (Wildman–Crippen MR) is 79.6 cm³/mol. The van der Waals surface area contributed by atoms with E-state index < -0.39 is 17.7 Å². The summed E-state index contributed by atoms with van der Waals surface area (Å²) in [5, 5.41) is 2.85. The maximum Gasteiger partial charge on any atom is 0.316 e. The monoisotopic (exact) mass is 375 g/mol. The normalized spacial score (nSPS) is 9.86. The third-order valence-corrected chi connectivity index (χ3v) is 4.15. The fourth-order valence-corrected chi connectivity index (χ4v) is 2.71. The molecule has 1 aromatic rings. The Labute approximate surface area is 132 Å². The van der Waals surface area contributed by atoms with Gasteiger partial charge in [-0.25, -0.2) is 4.39 Å². The first-order valence-corrected chi connectivity index (χ1v) is 7.64. The summed E-state index contributed by atoms with van der Waals surface area (Å²) >= 11 is 4.23. The molecule has 1 rings (SSSR count). The van der Waals surface area contributed by atoms with Crippen LogP contribution >= 0.6 is 27.7 Å². The molecule has 0 heterocycles. The smallest absolute Gasteiger partial charge is 0.316 e. The zero-order valence-electron chi connectivity index (χ0n) is 11.0. The number of benzene rings is 1. The molecule has 0 saturated heterocycles. The molecule has 112 valence electrons. The molecule has 0 fully saturated rings. The van der Waals surface area contributed by atoms with Crippen LogP contribution in [0.5, 0.6) is 0 Å². The van der Waals surface area contributed by atoms with E-state index >= 15 is 0 Å². The number of rotatable bonds is 6. The van der Waals surface area contributed by atoms with Crippen molar-refractivity contribution < 1.29 is 18.7 Å². The number of hydrogen-bond donors (Lipinski definition) is 0. The summed E-state index contributed by atoms with van der Waals surface area (Å²) in [7, 11) is 0. The Balaban J connectivity index is 2.87. The number of esters is 1. The number of azide groups is 1. The third-order valence-electron chi connectivity index (χ3n) is 2.20. The van der Waals surface area contributed by atoms with Gasteiger partial charge < -0.3 is 4.74 Å². The van der Waals surface area contributed by atoms with E-state index in [1.807, 2.05) is 6.92 Å². The molecule has 0 unspecified atom stereocenters. The van der Waals surface area contributed by atoms with Gasteiger partial charge in [0.1, 0.15) is 5.82 Å². The first-order valence-electron chi connectivity index (χ1n) is 5.86. The number of thioether (sulfide) groups is 1. The Bertz CT molecular complexity index is 606. The Hall–Kier alpha value is -1.57. The predicted octanol–water partition coefficient (Wildman–Crippen LogP) is 4.08. The lowest BCUT2D eigenvalue weighted by Gasteiger charge is -2.07. The highest BCUT2D eigenvalue weighted by Gasteiger charge is 2.15. The minimum absolute atomic E-state index is 0.0272. The first kappa shape index (κ1) is 17.5. The van der Waals surface area contributed by atoms with Gasteiger partial charge in [-0.15, -0.1) is 11.8 Å². The summed E-state index contributed by atoms with van der Waals surface area (Å²) in [5.41, 5.74) is 7.86. The van der Waals surface area contributed by atoms with Gasteiger partial charge in [0, 0.05) is 14.3 Å². The Morgan fingerprint density at radius 2 is 2.24 bits per heavy atom. The minimum Gasteiger partial charge on any atom is -0.465 e. The van der Waals surface area contributed by atoms with Crippen molar-refractivity contribution in [1.82, 2.24) is 0 Å². The molecule has 0 aliphatic heterocycles. The number of carbonyl (C=O) groups is 2. The molecule has 0 N–H and O–H groups in total. The van der Waals surface area contributed by atoms with Crippen molar-refractivity contribution in [3.63, 3.8) is 0 Å². The largest absolute Gasteiger partial charge is 0.465 e. The molecule has 1 aromatic carbocycles. The Morgan fingerprint density at radius 3 is 2.86 bits per heavy atom. The van der Waals surface area contributed by atoms with E-state index in [4.69, 9.17) is 10.3 Å². The quantitative estimate of drug-likeness (QED) is 0.246. The van der Waals surface area contributed by atoms with Crippen LogP contribution in [0.1, 0.15) is 23.7 Å². The van der Waals surface area contributed by atoms with E-state index in [1.165, 1.54) is 6.07 Å². The van der Waals surface area contributed by atoms with Gasteiger partial charge in [-0.1, -0.05) is 6.92 Å². The molecular formula is C12H11BrFN3O3S. The van der Waals surface area contributed by atoms with Crippen molar-refractivity contribution in [1.29, 1.82) is 0 Å². The van der Waals surface area contributed by atoms with Crippen LogP contribution in [-0.4, -0.2) is 24.2 Å². The summed E-state index contributed by atoms with van der Waals surface area (Å²) in [6.45, 7) is 2.22. The summed E-state index contributed by atoms with van der Waals surface area (Å²) < 4.78 is 18.9. The maximum absolute atomic E-state index is 13.6. The second-order valence-corrected chi connectivity index (χ2v) is 5.64. The molecule has 0 aromatic heterocycles. The summed E-state index contributed by atoms with van der Waals surface area (Å²) in [6.07, 6.45) is 0.724. The van der Waals surface area contributed by atoms with Gasteiger partial charge in [0.25, 0.3) is 5.91 Å². The number of nitrogens with zero attached hydrogens (tertiary/aromatic N) is 3. The summed E-state index contributed by atoms with van der Waals surface area (Å²) in [5.74, 6) is -2.20. The second kappa shape index (κ2) is 8.66. The van der Waals surface area contributed by atoms with Crippen molar-refractivity contribution in [2.45, 2.75) is 18.2 Å². The minimum atomic E-state index is -1.02. The van der Waals surface area contributed by atoms with E-state index in [0.29, 0.717) is 16.0 Å². The number of ether oxygens (including phenoxy) is 1. The van der Waals surface area contributed by atoms with E-state index in [2.05, 4.69) is 26.0 Å². The molecule has 6 nitrogen and oxygen atoms in total. The van der Waals surface area contributed by atoms with Crippen LogP contribution in [0.25, 0.3) is 10.4 Å². The van der Waals surface area contributed by atoms with Crippen molar-refractivity contribution in [2.24, 2.45) is 5.11 Å². The number of amides is 1. The molecule has 0 saturated carbocycles. The van der Waals surface area contributed by atoms with Gasteiger partial charge in [-0.3, -0.25) is 9.59 Å². The maximum atomic E-state index is 13.6. The lowest BCUT2D eigenvalue weighted by molar-refractivity contribution is -0.140. The lowest BCUT2D eigenvalue weighted by atomic mass is 10.2. The standard InChI is InChI=1S/C12H11BrFN3O3S/c1-2-3-20-11(18)6-21-10-4-7(12(19)16-17-15)9(14)5-8(10)13/h4-5H,2-3,6H2,1H3. The highest BCUT2D eigenvalue weighted by Crippen LogP contribution is 2.30. The van der Waals surface area contributed by atoms with Crippen molar-refractivity contribution in [3.05, 3.63) is 38.4 Å². The second-order valence-electron chi connectivity index (χ2n) is 3.77. The first-order chi connectivity index (χ1) is 9.99. The topological polar surface area (TPSA) is 92.1 Å². The average Bonchev–Trinajstić information content (AvgIpc) is 2.44. The van der Waals surface area contributed by atoms with Crippen LogP contribution < -0.4 is 0 Å². The molecule has 0 atom stereocenters. The zero-order chi connectivity index (χ0) is 15.8. The van der Waals surface area contributed by atoms with Crippen molar-refractivity contribution in [2.75, 3.05) is 12.4 Å². The zero-order valence-corrected chi connectivity index (χ0v) is 13.4. The fraction of sp³-hybridized carbons (Fsp3) is 0.333. The average molecular weight is 376 g/mol. The number of halogens is 2. The number of hydrogen-bond acceptors (Lipinski definition) is 4. The van der Waals surface area contributed by atoms with E-state index in [-0.39, 0.29) is 11.3 Å². The van der Waals surface area contributed by atoms with Gasteiger partial charge >= 0.3 is 5.97 Å². The van der Waals surface area contributed by atoms with Crippen LogP contribution in [-0.2, 0) is 9.53 Å². The molecule has 21 heavy (non-hydrogen) atoms. The van der Waals surface area contributed by atoms with E-state index in [9.17, 15) is 14.0 Å². The van der Waals surface area contributed by atoms with Gasteiger partial charge in [0.05, 0.1) is 17.9 Å². The highest BCUT2D eigenvalue weighted by molar-refractivity contribution is 9.10. The molecule has 0 bridgehead atoms. The van der Waals surface area contributed by atoms with Crippen LogP contribution in [0, 0.1) is 5.82 Å². The Kier molecular flexibility index (Phi) is 7.21. The van der Waals surface area contributed by atoms with Crippen molar-refractivity contribution >= 4 is 39.6 Å². The van der Waals surface area contributed by atoms with E-state index in [0.717, 1.165) is 24.2 Å². The molecular weight excluding hydrogens is 365 g/mol. The Morgan fingerprint density at radius 1 is 1.52 bits per heavy atom. The van der Waals surface area contributed by atoms with Gasteiger partial charge in [0.2, 0.25) is 0 Å². The molecule has 0 radical (unpaired) electrons. The molecule has 1 amide bonds. The molecule has 9 heteroatoms. The number of carbonyl (C=O) groups excluding carboxylic acids is 2. The van der Waals surface area contributed by atoms with Crippen molar-refractivity contribution in [3.8, 4) is 0 Å². The SMILES string of the molecule is CCCOC(=O)CSc1cc(C(=O)N=[N+]=[N-])c(F)cc1Br. The van der Waals surface area contributed by atoms with Gasteiger partial charge in [0.15, 0.2) is 0 Å². The van der Waals surface area contributed by atoms with Crippen LogP contribution in [0.4, 0.5) is 4.39 Å².